The minimum absolute atomic E-state index is 0.0839. The molecular weight excluding hydrogens is 319 g/mol. The molecule has 1 aromatic carbocycles. The fraction of sp³-hybridized carbons (Fsp3) is 0.333. The van der Waals surface area contributed by atoms with E-state index in [9.17, 15) is 12.8 Å². The van der Waals surface area contributed by atoms with Crippen molar-refractivity contribution < 1.29 is 12.8 Å². The number of fused-ring (bicyclic) bond motifs is 1. The predicted molar refractivity (Wildman–Crippen MR) is 80.3 cm³/mol. The highest BCUT2D eigenvalue weighted by atomic mass is 32.2. The maximum atomic E-state index is 13.9. The molecule has 8 heteroatoms. The van der Waals surface area contributed by atoms with Gasteiger partial charge in [-0.3, -0.25) is 0 Å². The molecule has 1 unspecified atom stereocenters. The molecule has 0 radical (unpaired) electrons. The molecule has 0 bridgehead atoms. The summed E-state index contributed by atoms with van der Waals surface area (Å²) in [7, 11) is -3.94. The van der Waals surface area contributed by atoms with Crippen LogP contribution in [0.1, 0.15) is 17.8 Å². The van der Waals surface area contributed by atoms with Gasteiger partial charge in [-0.25, -0.2) is 22.5 Å². The van der Waals surface area contributed by atoms with E-state index in [2.05, 4.69) is 9.71 Å². The van der Waals surface area contributed by atoms with Crippen molar-refractivity contribution in [3.05, 3.63) is 47.8 Å². The molecule has 1 atom stereocenters. The zero-order valence-corrected chi connectivity index (χ0v) is 13.1. The molecule has 0 saturated heterocycles. The number of halogens is 1. The lowest BCUT2D eigenvalue weighted by Crippen LogP contribution is -2.33. The Balaban J connectivity index is 1.69. The van der Waals surface area contributed by atoms with Crippen molar-refractivity contribution in [2.24, 2.45) is 5.92 Å². The number of sulfonamides is 1. The highest BCUT2D eigenvalue weighted by Gasteiger charge is 2.24. The van der Waals surface area contributed by atoms with Gasteiger partial charge in [0.2, 0.25) is 10.0 Å². The molecule has 0 fully saturated rings. The van der Waals surface area contributed by atoms with Crippen LogP contribution in [0.3, 0.4) is 0 Å². The number of hydrogen-bond donors (Lipinski definition) is 1. The lowest BCUT2D eigenvalue weighted by molar-refractivity contribution is 0.379. The summed E-state index contributed by atoms with van der Waals surface area (Å²) in [6, 6.07) is 5.10. The van der Waals surface area contributed by atoms with E-state index >= 15 is 0 Å². The quantitative estimate of drug-likeness (QED) is 0.916. The summed E-state index contributed by atoms with van der Waals surface area (Å²) < 4.78 is 42.8. The van der Waals surface area contributed by atoms with Gasteiger partial charge in [-0.2, -0.15) is 5.26 Å². The zero-order chi connectivity index (χ0) is 16.4. The first kappa shape index (κ1) is 15.6. The number of rotatable bonds is 4. The molecule has 1 aromatic heterocycles. The molecule has 0 aliphatic carbocycles. The van der Waals surface area contributed by atoms with Crippen LogP contribution in [-0.2, 0) is 23.0 Å². The van der Waals surface area contributed by atoms with E-state index in [1.807, 2.05) is 10.8 Å². The first-order chi connectivity index (χ1) is 11.0. The van der Waals surface area contributed by atoms with Gasteiger partial charge in [-0.1, -0.05) is 0 Å². The van der Waals surface area contributed by atoms with Crippen molar-refractivity contribution in [2.75, 3.05) is 6.54 Å². The lowest BCUT2D eigenvalue weighted by atomic mass is 9.98. The van der Waals surface area contributed by atoms with Crippen LogP contribution in [0.15, 0.2) is 35.5 Å². The summed E-state index contributed by atoms with van der Waals surface area (Å²) in [4.78, 5) is 3.80. The Kier molecular flexibility index (Phi) is 4.15. The van der Waals surface area contributed by atoms with E-state index in [1.165, 1.54) is 6.07 Å². The Morgan fingerprint density at radius 1 is 1.48 bits per heavy atom. The molecule has 2 aromatic rings. The first-order valence-corrected chi connectivity index (χ1v) is 8.67. The number of nitriles is 1. The smallest absolute Gasteiger partial charge is 0.243 e. The third-order valence-corrected chi connectivity index (χ3v) is 5.42. The number of nitrogens with one attached hydrogen (secondary N) is 1. The van der Waals surface area contributed by atoms with Crippen LogP contribution in [0, 0.1) is 23.1 Å². The van der Waals surface area contributed by atoms with E-state index in [0.717, 1.165) is 30.9 Å². The SMILES string of the molecule is N#Cc1ccc(S(=O)(=O)NCC2CCn3ccnc3C2)c(F)c1. The predicted octanol–water partition coefficient (Wildman–Crippen LogP) is 1.43. The van der Waals surface area contributed by atoms with Gasteiger partial charge < -0.3 is 4.57 Å². The molecule has 2 heterocycles. The normalized spacial score (nSPS) is 17.5. The van der Waals surface area contributed by atoms with Crippen molar-refractivity contribution in [3.8, 4) is 6.07 Å². The average molecular weight is 334 g/mol. The van der Waals surface area contributed by atoms with Crippen molar-refractivity contribution in [1.29, 1.82) is 5.26 Å². The van der Waals surface area contributed by atoms with Gasteiger partial charge in [-0.15, -0.1) is 0 Å². The van der Waals surface area contributed by atoms with Gasteiger partial charge in [0.1, 0.15) is 16.5 Å². The topological polar surface area (TPSA) is 87.8 Å². The van der Waals surface area contributed by atoms with Crippen LogP contribution in [0.5, 0.6) is 0 Å². The largest absolute Gasteiger partial charge is 0.335 e. The summed E-state index contributed by atoms with van der Waals surface area (Å²) in [6.07, 6.45) is 5.16. The van der Waals surface area contributed by atoms with Gasteiger partial charge in [-0.05, 0) is 30.5 Å². The number of aromatic nitrogens is 2. The van der Waals surface area contributed by atoms with Gasteiger partial charge in [0.25, 0.3) is 0 Å². The van der Waals surface area contributed by atoms with E-state index in [0.29, 0.717) is 6.42 Å². The van der Waals surface area contributed by atoms with E-state index in [1.54, 1.807) is 12.3 Å². The van der Waals surface area contributed by atoms with Gasteiger partial charge in [0.05, 0.1) is 11.6 Å². The number of imidazole rings is 1. The molecular formula is C15H15FN4O2S. The highest BCUT2D eigenvalue weighted by Crippen LogP contribution is 2.20. The molecule has 1 aliphatic heterocycles. The minimum Gasteiger partial charge on any atom is -0.335 e. The molecule has 6 nitrogen and oxygen atoms in total. The van der Waals surface area contributed by atoms with Crippen LogP contribution in [-0.4, -0.2) is 24.5 Å². The molecule has 120 valence electrons. The second-order valence-corrected chi connectivity index (χ2v) is 7.24. The highest BCUT2D eigenvalue weighted by molar-refractivity contribution is 7.89. The van der Waals surface area contributed by atoms with Crippen molar-refractivity contribution >= 4 is 10.0 Å². The Labute approximate surface area is 133 Å². The minimum atomic E-state index is -3.94. The van der Waals surface area contributed by atoms with E-state index in [-0.39, 0.29) is 18.0 Å². The second-order valence-electron chi connectivity index (χ2n) is 5.50. The number of benzene rings is 1. The van der Waals surface area contributed by atoms with E-state index in [4.69, 9.17) is 5.26 Å². The van der Waals surface area contributed by atoms with Gasteiger partial charge in [0.15, 0.2) is 0 Å². The van der Waals surface area contributed by atoms with Crippen LogP contribution >= 0.6 is 0 Å². The maximum Gasteiger partial charge on any atom is 0.243 e. The molecule has 1 N–H and O–H groups in total. The van der Waals surface area contributed by atoms with Crippen LogP contribution in [0.25, 0.3) is 0 Å². The molecule has 1 aliphatic rings. The van der Waals surface area contributed by atoms with Gasteiger partial charge >= 0.3 is 0 Å². The van der Waals surface area contributed by atoms with Crippen molar-refractivity contribution in [1.82, 2.24) is 14.3 Å². The Bertz CT molecular complexity index is 870. The van der Waals surface area contributed by atoms with E-state index < -0.39 is 20.7 Å². The Hall–Kier alpha value is -2.24. The average Bonchev–Trinajstić information content (AvgIpc) is 3.00. The van der Waals surface area contributed by atoms with Crippen LogP contribution in [0.2, 0.25) is 0 Å². The lowest BCUT2D eigenvalue weighted by Gasteiger charge is -2.23. The molecule has 23 heavy (non-hydrogen) atoms. The number of hydrogen-bond acceptors (Lipinski definition) is 4. The third kappa shape index (κ3) is 3.25. The zero-order valence-electron chi connectivity index (χ0n) is 12.2. The molecule has 0 saturated carbocycles. The van der Waals surface area contributed by atoms with Gasteiger partial charge in [0, 0.05) is 31.9 Å². The first-order valence-electron chi connectivity index (χ1n) is 7.19. The van der Waals surface area contributed by atoms with Crippen LogP contribution in [0.4, 0.5) is 4.39 Å². The molecule has 3 rings (SSSR count). The summed E-state index contributed by atoms with van der Waals surface area (Å²) in [5, 5.41) is 8.70. The summed E-state index contributed by atoms with van der Waals surface area (Å²) in [5.41, 5.74) is 0.0839. The van der Waals surface area contributed by atoms with Crippen molar-refractivity contribution in [3.63, 3.8) is 0 Å². The third-order valence-electron chi connectivity index (χ3n) is 3.96. The van der Waals surface area contributed by atoms with Crippen LogP contribution < -0.4 is 4.72 Å². The maximum absolute atomic E-state index is 13.9. The fourth-order valence-corrected chi connectivity index (χ4v) is 3.86. The summed E-state index contributed by atoms with van der Waals surface area (Å²) >= 11 is 0. The van der Waals surface area contributed by atoms with Crippen molar-refractivity contribution in [2.45, 2.75) is 24.3 Å². The monoisotopic (exact) mass is 334 g/mol. The fourth-order valence-electron chi connectivity index (χ4n) is 2.68. The Morgan fingerprint density at radius 2 is 2.30 bits per heavy atom. The standard InChI is InChI=1S/C15H15FN4O2S/c16-13-7-11(9-17)1-2-14(13)23(21,22)19-10-12-3-5-20-6-4-18-15(20)8-12/h1-2,4,6-7,12,19H,3,5,8,10H2. The second kappa shape index (κ2) is 6.10. The number of nitrogens with zero attached hydrogens (tertiary/aromatic N) is 3. The molecule has 0 amide bonds. The number of aryl methyl sites for hydroxylation is 1. The summed E-state index contributed by atoms with van der Waals surface area (Å²) in [5.74, 6) is 0.141. The summed E-state index contributed by atoms with van der Waals surface area (Å²) in [6.45, 7) is 1.03. The molecule has 0 spiro atoms. The Morgan fingerprint density at radius 3 is 3.04 bits per heavy atom.